The number of hydrogen-bond acceptors (Lipinski definition) is 3. The van der Waals surface area contributed by atoms with E-state index in [0.29, 0.717) is 12.5 Å². The molecular weight excluding hydrogens is 212 g/mol. The molecule has 0 unspecified atom stereocenters. The van der Waals surface area contributed by atoms with Gasteiger partial charge in [0.05, 0.1) is 12.1 Å². The third-order valence-corrected chi connectivity index (χ3v) is 2.49. The lowest BCUT2D eigenvalue weighted by molar-refractivity contribution is 0.274. The van der Waals surface area contributed by atoms with Gasteiger partial charge >= 0.3 is 0 Å². The number of aromatic nitrogens is 1. The average molecular weight is 229 g/mol. The van der Waals surface area contributed by atoms with Gasteiger partial charge in [0.15, 0.2) is 0 Å². The van der Waals surface area contributed by atoms with E-state index in [-0.39, 0.29) is 0 Å². The maximum atomic E-state index is 5.60. The second kappa shape index (κ2) is 5.64. The van der Waals surface area contributed by atoms with Gasteiger partial charge in [-0.2, -0.15) is 0 Å². The van der Waals surface area contributed by atoms with Gasteiger partial charge in [-0.25, -0.2) is 4.98 Å². The van der Waals surface area contributed by atoms with Gasteiger partial charge in [0, 0.05) is 18.0 Å². The van der Waals surface area contributed by atoms with Crippen LogP contribution in [0, 0.1) is 6.07 Å². The highest BCUT2D eigenvalue weighted by atomic mass is 16.5. The van der Waals surface area contributed by atoms with E-state index >= 15 is 0 Å². The largest absolute Gasteiger partial charge is 0.478 e. The van der Waals surface area contributed by atoms with E-state index in [4.69, 9.17) is 4.74 Å². The number of para-hydroxylation sites is 1. The summed E-state index contributed by atoms with van der Waals surface area (Å²) in [6.45, 7) is 1.72. The quantitative estimate of drug-likeness (QED) is 0.736. The molecule has 1 aromatic heterocycles. The molecule has 0 N–H and O–H groups in total. The number of nitrogens with zero attached hydrogens (tertiary/aromatic N) is 2. The molecule has 2 rings (SSSR count). The topological polar surface area (TPSA) is 25.4 Å². The van der Waals surface area contributed by atoms with Crippen LogP contribution in [0.3, 0.4) is 0 Å². The first-order valence-corrected chi connectivity index (χ1v) is 5.81. The van der Waals surface area contributed by atoms with Gasteiger partial charge in [-0.15, -0.1) is 0 Å². The highest BCUT2D eigenvalue weighted by molar-refractivity contribution is 5.78. The summed E-state index contributed by atoms with van der Waals surface area (Å²) in [4.78, 5) is 6.57. The lowest BCUT2D eigenvalue weighted by atomic mass is 10.2. The first-order chi connectivity index (χ1) is 8.25. The van der Waals surface area contributed by atoms with Crippen molar-refractivity contribution < 1.29 is 4.74 Å². The van der Waals surface area contributed by atoms with Crippen molar-refractivity contribution in [1.29, 1.82) is 0 Å². The number of fused-ring (bicyclic) bond motifs is 1. The summed E-state index contributed by atoms with van der Waals surface area (Å²) >= 11 is 0. The monoisotopic (exact) mass is 229 g/mol. The van der Waals surface area contributed by atoms with Gasteiger partial charge in [0.2, 0.25) is 5.88 Å². The van der Waals surface area contributed by atoms with Crippen LogP contribution in [0.15, 0.2) is 30.3 Å². The van der Waals surface area contributed by atoms with E-state index in [1.807, 2.05) is 24.3 Å². The minimum absolute atomic E-state index is 0.655. The fraction of sp³-hybridized carbons (Fsp3) is 0.357. The zero-order chi connectivity index (χ0) is 12.1. The van der Waals surface area contributed by atoms with Crippen molar-refractivity contribution in [3.8, 4) is 5.88 Å². The van der Waals surface area contributed by atoms with E-state index in [1.165, 1.54) is 0 Å². The normalized spacial score (nSPS) is 11.0. The summed E-state index contributed by atoms with van der Waals surface area (Å²) in [5.41, 5.74) is 0.928. The van der Waals surface area contributed by atoms with Crippen LogP contribution >= 0.6 is 0 Å². The van der Waals surface area contributed by atoms with E-state index in [0.717, 1.165) is 23.9 Å². The first kappa shape index (κ1) is 11.9. The average Bonchev–Trinajstić information content (AvgIpc) is 2.34. The number of ether oxygens (including phenoxy) is 1. The first-order valence-electron chi connectivity index (χ1n) is 5.81. The van der Waals surface area contributed by atoms with Gasteiger partial charge in [-0.1, -0.05) is 18.2 Å². The lowest BCUT2D eigenvalue weighted by Gasteiger charge is -2.10. The standard InChI is InChI=1S/C14H17N2O/c1-16(2)10-5-11-17-14-9-8-12-6-3-4-7-13(12)15-14/h3-4,6-7,9H,5,10-11H2,1-2H3. The van der Waals surface area contributed by atoms with Crippen molar-refractivity contribution >= 4 is 10.9 Å². The smallest absolute Gasteiger partial charge is 0.214 e. The molecule has 17 heavy (non-hydrogen) atoms. The van der Waals surface area contributed by atoms with Crippen LogP contribution in [0.25, 0.3) is 10.9 Å². The van der Waals surface area contributed by atoms with Gasteiger partial charge in [-0.05, 0) is 32.6 Å². The molecule has 89 valence electrons. The fourth-order valence-electron chi connectivity index (χ4n) is 1.62. The summed E-state index contributed by atoms with van der Waals surface area (Å²) < 4.78 is 5.60. The Kier molecular flexibility index (Phi) is 3.94. The van der Waals surface area contributed by atoms with E-state index in [2.05, 4.69) is 30.0 Å². The highest BCUT2D eigenvalue weighted by Crippen LogP contribution is 2.15. The van der Waals surface area contributed by atoms with Crippen LogP contribution in [-0.4, -0.2) is 37.1 Å². The summed E-state index contributed by atoms with van der Waals surface area (Å²) in [5, 5.41) is 1.02. The molecule has 0 saturated heterocycles. The second-order valence-corrected chi connectivity index (χ2v) is 4.26. The molecule has 0 aliphatic rings. The molecule has 0 atom stereocenters. The van der Waals surface area contributed by atoms with Gasteiger partial charge in [0.1, 0.15) is 0 Å². The number of benzene rings is 1. The van der Waals surface area contributed by atoms with Gasteiger partial charge < -0.3 is 9.64 Å². The molecule has 0 aliphatic heterocycles. The maximum absolute atomic E-state index is 5.60. The van der Waals surface area contributed by atoms with Crippen molar-refractivity contribution in [3.63, 3.8) is 0 Å². The summed E-state index contributed by atoms with van der Waals surface area (Å²) in [7, 11) is 4.12. The molecule has 0 fully saturated rings. The molecule has 2 aromatic rings. The lowest BCUT2D eigenvalue weighted by Crippen LogP contribution is -2.15. The molecule has 1 aromatic carbocycles. The van der Waals surface area contributed by atoms with Crippen LogP contribution < -0.4 is 4.74 Å². The van der Waals surface area contributed by atoms with Crippen molar-refractivity contribution in [2.24, 2.45) is 0 Å². The van der Waals surface area contributed by atoms with Crippen LogP contribution in [-0.2, 0) is 0 Å². The van der Waals surface area contributed by atoms with Gasteiger partial charge in [-0.3, -0.25) is 0 Å². The zero-order valence-electron chi connectivity index (χ0n) is 10.3. The van der Waals surface area contributed by atoms with Crippen molar-refractivity contribution in [2.45, 2.75) is 6.42 Å². The van der Waals surface area contributed by atoms with Gasteiger partial charge in [0.25, 0.3) is 0 Å². The van der Waals surface area contributed by atoms with Crippen LogP contribution in [0.2, 0.25) is 0 Å². The van der Waals surface area contributed by atoms with Crippen molar-refractivity contribution in [2.75, 3.05) is 27.2 Å². The highest BCUT2D eigenvalue weighted by Gasteiger charge is 1.99. The molecular formula is C14H17N2O. The Balaban J connectivity index is 1.95. The van der Waals surface area contributed by atoms with E-state index < -0.39 is 0 Å². The summed E-state index contributed by atoms with van der Waals surface area (Å²) in [6, 6.07) is 12.9. The Morgan fingerprint density at radius 3 is 2.94 bits per heavy atom. The van der Waals surface area contributed by atoms with E-state index in [1.54, 1.807) is 6.07 Å². The molecule has 0 saturated carbocycles. The van der Waals surface area contributed by atoms with E-state index in [9.17, 15) is 0 Å². The Hall–Kier alpha value is -1.61. The number of pyridine rings is 1. The molecule has 3 heteroatoms. The minimum Gasteiger partial charge on any atom is -0.478 e. The molecule has 0 spiro atoms. The Morgan fingerprint density at radius 2 is 2.12 bits per heavy atom. The minimum atomic E-state index is 0.655. The molecule has 0 amide bonds. The zero-order valence-corrected chi connectivity index (χ0v) is 10.3. The third-order valence-electron chi connectivity index (χ3n) is 2.49. The molecule has 1 heterocycles. The molecule has 0 aliphatic carbocycles. The van der Waals surface area contributed by atoms with Crippen LogP contribution in [0.5, 0.6) is 5.88 Å². The molecule has 3 nitrogen and oxygen atoms in total. The van der Waals surface area contributed by atoms with Crippen LogP contribution in [0.4, 0.5) is 0 Å². The molecule has 1 radical (unpaired) electrons. The van der Waals surface area contributed by atoms with Crippen molar-refractivity contribution in [1.82, 2.24) is 9.88 Å². The molecule has 0 bridgehead atoms. The number of rotatable bonds is 5. The second-order valence-electron chi connectivity index (χ2n) is 4.26. The Bertz CT molecular complexity index is 482. The van der Waals surface area contributed by atoms with Crippen LogP contribution in [0.1, 0.15) is 6.42 Å². The summed E-state index contributed by atoms with van der Waals surface area (Å²) in [6.07, 6.45) is 1.00. The predicted octanol–water partition coefficient (Wildman–Crippen LogP) is 2.37. The Morgan fingerprint density at radius 1 is 1.29 bits per heavy atom. The SMILES string of the molecule is CN(C)CCCOc1c[c]c2ccccc2n1. The van der Waals surface area contributed by atoms with Crippen molar-refractivity contribution in [3.05, 3.63) is 36.4 Å². The third kappa shape index (κ3) is 3.43. The maximum Gasteiger partial charge on any atom is 0.214 e. The number of hydrogen-bond donors (Lipinski definition) is 0. The predicted molar refractivity (Wildman–Crippen MR) is 69.2 cm³/mol. The summed E-state index contributed by atoms with van der Waals surface area (Å²) in [5.74, 6) is 0.655. The Labute approximate surface area is 102 Å². The fourth-order valence-corrected chi connectivity index (χ4v) is 1.62.